The van der Waals surface area contributed by atoms with Gasteiger partial charge >= 0.3 is 0 Å². The van der Waals surface area contributed by atoms with E-state index in [1.54, 1.807) is 0 Å². The van der Waals surface area contributed by atoms with Crippen molar-refractivity contribution < 1.29 is 13.2 Å². The number of rotatable bonds is 2. The molecule has 0 bridgehead atoms. The van der Waals surface area contributed by atoms with Gasteiger partial charge in [-0.1, -0.05) is 48.5 Å². The molecule has 37 heavy (non-hydrogen) atoms. The van der Waals surface area contributed by atoms with E-state index >= 15 is 0 Å². The minimum Gasteiger partial charge on any atom is -0.454 e. The third-order valence-electron chi connectivity index (χ3n) is 7.08. The number of nitrogens with zero attached hydrogens (tertiary/aromatic N) is 3. The summed E-state index contributed by atoms with van der Waals surface area (Å²) in [4.78, 5) is 9.21. The summed E-state index contributed by atoms with van der Waals surface area (Å²) in [6.07, 6.45) is 1.17. The Balaban J connectivity index is 1.51. The molecule has 8 rings (SSSR count). The SMILES string of the molecule is Cc1ccc(-n2c(-c3cccc4c3oc3ncc(F)cc34)nc3ccccc32)c2oc3ccccc3c12. The summed E-state index contributed by atoms with van der Waals surface area (Å²) in [5.74, 6) is 0.303. The Hall–Kier alpha value is -4.97. The first-order valence-electron chi connectivity index (χ1n) is 12.0. The second-order valence-corrected chi connectivity index (χ2v) is 9.25. The molecule has 8 aromatic rings. The molecule has 0 radical (unpaired) electrons. The lowest BCUT2D eigenvalue weighted by Gasteiger charge is -2.11. The molecule has 4 heterocycles. The summed E-state index contributed by atoms with van der Waals surface area (Å²) >= 11 is 0. The molecule has 0 N–H and O–H groups in total. The lowest BCUT2D eigenvalue weighted by atomic mass is 10.1. The monoisotopic (exact) mass is 483 g/mol. The maximum absolute atomic E-state index is 14.0. The molecular formula is C31H18FN3O2. The van der Waals surface area contributed by atoms with Crippen LogP contribution in [0.1, 0.15) is 5.56 Å². The molecule has 0 unspecified atom stereocenters. The molecule has 0 aliphatic carbocycles. The fourth-order valence-corrected chi connectivity index (χ4v) is 5.44. The largest absolute Gasteiger partial charge is 0.454 e. The van der Waals surface area contributed by atoms with Gasteiger partial charge in [0.15, 0.2) is 5.58 Å². The van der Waals surface area contributed by atoms with Crippen LogP contribution in [0.4, 0.5) is 4.39 Å². The molecule has 0 aliphatic rings. The number of halogens is 1. The lowest BCUT2D eigenvalue weighted by Crippen LogP contribution is -1.99. The summed E-state index contributed by atoms with van der Waals surface area (Å²) < 4.78 is 28.8. The number of fused-ring (bicyclic) bond motifs is 7. The minimum atomic E-state index is -0.403. The van der Waals surface area contributed by atoms with Crippen LogP contribution < -0.4 is 0 Å². The Morgan fingerprint density at radius 3 is 2.57 bits per heavy atom. The molecular weight excluding hydrogens is 465 g/mol. The standard InChI is InChI=1S/C31H18FN3O2/c1-17-13-14-25(29-27(17)20-7-2-5-12-26(20)36-29)35-24-11-4-3-10-23(24)34-30(35)21-9-6-8-19-22-15-18(32)16-33-31(22)37-28(19)21/h2-16H,1H3. The van der Waals surface area contributed by atoms with Gasteiger partial charge in [0.25, 0.3) is 0 Å². The maximum atomic E-state index is 14.0. The Morgan fingerprint density at radius 1 is 0.784 bits per heavy atom. The highest BCUT2D eigenvalue weighted by molar-refractivity contribution is 6.11. The molecule has 6 heteroatoms. The van der Waals surface area contributed by atoms with Gasteiger partial charge in [0, 0.05) is 16.2 Å². The predicted octanol–water partition coefficient (Wildman–Crippen LogP) is 8.33. The van der Waals surface area contributed by atoms with Gasteiger partial charge in [-0.15, -0.1) is 0 Å². The number of hydrogen-bond donors (Lipinski definition) is 0. The second-order valence-electron chi connectivity index (χ2n) is 9.25. The number of hydrogen-bond acceptors (Lipinski definition) is 4. The zero-order chi connectivity index (χ0) is 24.7. The summed E-state index contributed by atoms with van der Waals surface area (Å²) in [5, 5.41) is 3.58. The number of para-hydroxylation sites is 4. The first-order valence-corrected chi connectivity index (χ1v) is 12.0. The van der Waals surface area contributed by atoms with Crippen molar-refractivity contribution in [3.05, 3.63) is 103 Å². The van der Waals surface area contributed by atoms with Crippen LogP contribution in [-0.4, -0.2) is 14.5 Å². The smallest absolute Gasteiger partial charge is 0.227 e. The fraction of sp³-hybridized carbons (Fsp3) is 0.0323. The van der Waals surface area contributed by atoms with Gasteiger partial charge in [-0.25, -0.2) is 14.4 Å². The van der Waals surface area contributed by atoms with Gasteiger partial charge in [0.1, 0.15) is 22.8 Å². The van der Waals surface area contributed by atoms with Gasteiger partial charge in [-0.3, -0.25) is 4.57 Å². The fourth-order valence-electron chi connectivity index (χ4n) is 5.44. The van der Waals surface area contributed by atoms with Crippen LogP contribution in [0.5, 0.6) is 0 Å². The van der Waals surface area contributed by atoms with E-state index in [0.717, 1.165) is 55.2 Å². The van der Waals surface area contributed by atoms with E-state index in [1.807, 2.05) is 54.6 Å². The van der Waals surface area contributed by atoms with Crippen molar-refractivity contribution in [3.8, 4) is 17.1 Å². The third-order valence-corrected chi connectivity index (χ3v) is 7.08. The molecule has 4 aromatic heterocycles. The molecule has 0 saturated carbocycles. The van der Waals surface area contributed by atoms with E-state index in [-0.39, 0.29) is 0 Å². The Labute approximate surface area is 209 Å². The molecule has 0 aliphatic heterocycles. The molecule has 0 saturated heterocycles. The van der Waals surface area contributed by atoms with Crippen LogP contribution in [0.2, 0.25) is 0 Å². The van der Waals surface area contributed by atoms with E-state index in [9.17, 15) is 4.39 Å². The van der Waals surface area contributed by atoms with Gasteiger partial charge in [-0.2, -0.15) is 0 Å². The summed E-state index contributed by atoms with van der Waals surface area (Å²) in [5.41, 5.74) is 7.25. The van der Waals surface area contributed by atoms with Crippen LogP contribution >= 0.6 is 0 Å². The van der Waals surface area contributed by atoms with Crippen molar-refractivity contribution in [2.45, 2.75) is 6.92 Å². The van der Waals surface area contributed by atoms with Crippen molar-refractivity contribution >= 4 is 55.0 Å². The molecule has 0 atom stereocenters. The molecule has 0 fully saturated rings. The van der Waals surface area contributed by atoms with E-state index in [4.69, 9.17) is 13.8 Å². The molecule has 4 aromatic carbocycles. The second kappa shape index (κ2) is 7.27. The average Bonchev–Trinajstić information content (AvgIpc) is 3.60. The van der Waals surface area contributed by atoms with Gasteiger partial charge in [0.05, 0.1) is 33.9 Å². The highest BCUT2D eigenvalue weighted by Gasteiger charge is 2.23. The highest BCUT2D eigenvalue weighted by atomic mass is 19.1. The van der Waals surface area contributed by atoms with Gasteiger partial charge in [0.2, 0.25) is 5.71 Å². The van der Waals surface area contributed by atoms with Crippen molar-refractivity contribution in [2.75, 3.05) is 0 Å². The van der Waals surface area contributed by atoms with Gasteiger partial charge in [-0.05, 0) is 48.9 Å². The van der Waals surface area contributed by atoms with E-state index in [2.05, 4.69) is 40.7 Å². The number of benzene rings is 4. The zero-order valence-corrected chi connectivity index (χ0v) is 19.7. The summed E-state index contributed by atoms with van der Waals surface area (Å²) in [6.45, 7) is 2.10. The van der Waals surface area contributed by atoms with Crippen LogP contribution in [0, 0.1) is 12.7 Å². The first kappa shape index (κ1) is 20.2. The Kier molecular flexibility index (Phi) is 3.98. The number of furan rings is 2. The Bertz CT molecular complexity index is 2180. The van der Waals surface area contributed by atoms with E-state index < -0.39 is 5.82 Å². The normalized spacial score (nSPS) is 12.1. The number of aromatic nitrogens is 3. The quantitative estimate of drug-likeness (QED) is 0.248. The first-order chi connectivity index (χ1) is 18.2. The molecule has 176 valence electrons. The van der Waals surface area contributed by atoms with Crippen LogP contribution in [-0.2, 0) is 0 Å². The van der Waals surface area contributed by atoms with Crippen molar-refractivity contribution in [3.63, 3.8) is 0 Å². The molecule has 0 amide bonds. The third kappa shape index (κ3) is 2.78. The predicted molar refractivity (Wildman–Crippen MR) is 144 cm³/mol. The van der Waals surface area contributed by atoms with E-state index in [1.165, 1.54) is 12.3 Å². The lowest BCUT2D eigenvalue weighted by molar-refractivity contribution is 0.614. The maximum Gasteiger partial charge on any atom is 0.227 e. The van der Waals surface area contributed by atoms with Crippen LogP contribution in [0.15, 0.2) is 100.0 Å². The van der Waals surface area contributed by atoms with Crippen LogP contribution in [0.3, 0.4) is 0 Å². The number of pyridine rings is 1. The summed E-state index contributed by atoms with van der Waals surface area (Å²) in [6, 6.07) is 27.6. The number of aryl methyl sites for hydroxylation is 1. The molecule has 5 nitrogen and oxygen atoms in total. The van der Waals surface area contributed by atoms with Crippen molar-refractivity contribution in [1.29, 1.82) is 0 Å². The summed E-state index contributed by atoms with van der Waals surface area (Å²) in [7, 11) is 0. The number of imidazole rings is 1. The minimum absolute atomic E-state index is 0.390. The van der Waals surface area contributed by atoms with Crippen molar-refractivity contribution in [2.24, 2.45) is 0 Å². The highest BCUT2D eigenvalue weighted by Crippen LogP contribution is 2.40. The topological polar surface area (TPSA) is 57.0 Å². The van der Waals surface area contributed by atoms with E-state index in [0.29, 0.717) is 22.5 Å². The van der Waals surface area contributed by atoms with Crippen LogP contribution in [0.25, 0.3) is 72.1 Å². The van der Waals surface area contributed by atoms with Crippen molar-refractivity contribution in [1.82, 2.24) is 14.5 Å². The Morgan fingerprint density at radius 2 is 1.62 bits per heavy atom. The van der Waals surface area contributed by atoms with Gasteiger partial charge < -0.3 is 8.83 Å². The average molecular weight is 484 g/mol. The zero-order valence-electron chi connectivity index (χ0n) is 19.7. The molecule has 0 spiro atoms.